The Morgan fingerprint density at radius 1 is 1.36 bits per heavy atom. The number of urea groups is 1. The van der Waals surface area contributed by atoms with Crippen LogP contribution in [0.2, 0.25) is 0 Å². The van der Waals surface area contributed by atoms with Crippen LogP contribution in [0.5, 0.6) is 0 Å². The number of ether oxygens (including phenoxy) is 1. The van der Waals surface area contributed by atoms with Crippen molar-refractivity contribution in [1.82, 2.24) is 9.47 Å². The van der Waals surface area contributed by atoms with Gasteiger partial charge in [0.15, 0.2) is 0 Å². The van der Waals surface area contributed by atoms with Crippen molar-refractivity contribution >= 4 is 22.9 Å². The molecule has 2 aromatic rings. The SMILES string of the molecule is Cn1ccc2c(C(=O)OC[C@@H]3CCCN3C(N)=O)cccc21. The molecule has 0 unspecified atom stereocenters. The first-order valence-electron chi connectivity index (χ1n) is 7.35. The number of esters is 1. The molecule has 1 aliphatic heterocycles. The predicted octanol–water partition coefficient (Wildman–Crippen LogP) is 1.88. The smallest absolute Gasteiger partial charge is 0.338 e. The number of rotatable bonds is 3. The molecule has 0 spiro atoms. The molecule has 1 fully saturated rings. The zero-order valence-corrected chi connectivity index (χ0v) is 12.5. The van der Waals surface area contributed by atoms with Crippen molar-refractivity contribution < 1.29 is 14.3 Å². The fraction of sp³-hybridized carbons (Fsp3) is 0.375. The highest BCUT2D eigenvalue weighted by Gasteiger charge is 2.28. The highest BCUT2D eigenvalue weighted by molar-refractivity contribution is 6.03. The second-order valence-corrected chi connectivity index (χ2v) is 5.59. The van der Waals surface area contributed by atoms with Gasteiger partial charge in [0.25, 0.3) is 0 Å². The maximum Gasteiger partial charge on any atom is 0.338 e. The summed E-state index contributed by atoms with van der Waals surface area (Å²) < 4.78 is 7.37. The molecule has 3 rings (SSSR count). The number of carbonyl (C=O) groups excluding carboxylic acids is 2. The Morgan fingerprint density at radius 2 is 2.18 bits per heavy atom. The molecule has 1 aromatic heterocycles. The molecule has 1 atom stereocenters. The molecule has 0 saturated carbocycles. The zero-order chi connectivity index (χ0) is 15.7. The van der Waals surface area contributed by atoms with Gasteiger partial charge in [-0.1, -0.05) is 6.07 Å². The lowest BCUT2D eigenvalue weighted by Crippen LogP contribution is -2.41. The molecule has 116 valence electrons. The van der Waals surface area contributed by atoms with Crippen LogP contribution in [0.15, 0.2) is 30.5 Å². The average molecular weight is 301 g/mol. The van der Waals surface area contributed by atoms with E-state index in [4.69, 9.17) is 10.5 Å². The van der Waals surface area contributed by atoms with Crippen LogP contribution in [-0.2, 0) is 11.8 Å². The van der Waals surface area contributed by atoms with Crippen molar-refractivity contribution in [3.8, 4) is 0 Å². The number of aromatic nitrogens is 1. The summed E-state index contributed by atoms with van der Waals surface area (Å²) in [5.74, 6) is -0.367. The number of primary amides is 1. The van der Waals surface area contributed by atoms with Crippen molar-refractivity contribution in [3.63, 3.8) is 0 Å². The van der Waals surface area contributed by atoms with Gasteiger partial charge in [-0.05, 0) is 31.0 Å². The van der Waals surface area contributed by atoms with Gasteiger partial charge in [-0.2, -0.15) is 0 Å². The third kappa shape index (κ3) is 2.52. The Bertz CT molecular complexity index is 722. The van der Waals surface area contributed by atoms with Gasteiger partial charge in [0.1, 0.15) is 6.61 Å². The summed E-state index contributed by atoms with van der Waals surface area (Å²) in [6, 6.07) is 6.88. The van der Waals surface area contributed by atoms with Gasteiger partial charge in [0.05, 0.1) is 11.6 Å². The molecule has 0 aliphatic carbocycles. The van der Waals surface area contributed by atoms with Crippen LogP contribution in [-0.4, -0.2) is 40.7 Å². The fourth-order valence-electron chi connectivity index (χ4n) is 3.03. The number of fused-ring (bicyclic) bond motifs is 1. The van der Waals surface area contributed by atoms with E-state index in [-0.39, 0.29) is 18.6 Å². The number of carbonyl (C=O) groups is 2. The molecule has 6 nitrogen and oxygen atoms in total. The van der Waals surface area contributed by atoms with Crippen molar-refractivity contribution in [1.29, 1.82) is 0 Å². The minimum absolute atomic E-state index is 0.114. The van der Waals surface area contributed by atoms with Crippen molar-refractivity contribution in [3.05, 3.63) is 36.0 Å². The van der Waals surface area contributed by atoms with Gasteiger partial charge in [-0.25, -0.2) is 9.59 Å². The van der Waals surface area contributed by atoms with Crippen LogP contribution < -0.4 is 5.73 Å². The summed E-state index contributed by atoms with van der Waals surface area (Å²) in [5.41, 5.74) is 6.85. The van der Waals surface area contributed by atoms with Crippen LogP contribution >= 0.6 is 0 Å². The van der Waals surface area contributed by atoms with E-state index in [2.05, 4.69) is 0 Å². The summed E-state index contributed by atoms with van der Waals surface area (Å²) in [7, 11) is 1.93. The molecule has 1 saturated heterocycles. The van der Waals surface area contributed by atoms with Crippen LogP contribution in [0.1, 0.15) is 23.2 Å². The minimum Gasteiger partial charge on any atom is -0.460 e. The summed E-state index contributed by atoms with van der Waals surface area (Å²) in [5, 5.41) is 0.869. The molecule has 6 heteroatoms. The summed E-state index contributed by atoms with van der Waals surface area (Å²) in [6.07, 6.45) is 3.61. The number of nitrogens with zero attached hydrogens (tertiary/aromatic N) is 2. The van der Waals surface area contributed by atoms with E-state index in [9.17, 15) is 9.59 Å². The fourth-order valence-corrected chi connectivity index (χ4v) is 3.03. The molecule has 1 aliphatic rings. The summed E-state index contributed by atoms with van der Waals surface area (Å²) in [4.78, 5) is 25.2. The first-order valence-corrected chi connectivity index (χ1v) is 7.35. The Balaban J connectivity index is 1.73. The number of hydrogen-bond donors (Lipinski definition) is 1. The lowest BCUT2D eigenvalue weighted by atomic mass is 10.1. The molecule has 1 aromatic carbocycles. The topological polar surface area (TPSA) is 77.6 Å². The highest BCUT2D eigenvalue weighted by atomic mass is 16.5. The lowest BCUT2D eigenvalue weighted by molar-refractivity contribution is 0.0424. The molecule has 22 heavy (non-hydrogen) atoms. The van der Waals surface area contributed by atoms with E-state index < -0.39 is 6.03 Å². The van der Waals surface area contributed by atoms with Gasteiger partial charge in [0, 0.05) is 30.7 Å². The zero-order valence-electron chi connectivity index (χ0n) is 12.5. The normalized spacial score (nSPS) is 17.9. The molecule has 0 bridgehead atoms. The van der Waals surface area contributed by atoms with Gasteiger partial charge < -0.3 is 19.9 Å². The van der Waals surface area contributed by atoms with Gasteiger partial charge in [-0.15, -0.1) is 0 Å². The van der Waals surface area contributed by atoms with E-state index in [1.165, 1.54) is 0 Å². The number of hydrogen-bond acceptors (Lipinski definition) is 3. The lowest BCUT2D eigenvalue weighted by Gasteiger charge is -2.22. The third-order valence-corrected chi connectivity index (χ3v) is 4.21. The standard InChI is InChI=1S/C16H19N3O3/c1-18-9-7-12-13(5-2-6-14(12)18)15(20)22-10-11-4-3-8-19(11)16(17)21/h2,5-7,9,11H,3-4,8,10H2,1H3,(H2,17,21)/t11-/m0/s1. The van der Waals surface area contributed by atoms with Gasteiger partial charge in [-0.3, -0.25) is 0 Å². The van der Waals surface area contributed by atoms with E-state index in [1.54, 1.807) is 11.0 Å². The number of amides is 2. The molecule has 2 amide bonds. The second kappa shape index (κ2) is 5.71. The molecular weight excluding hydrogens is 282 g/mol. The first kappa shape index (κ1) is 14.4. The quantitative estimate of drug-likeness (QED) is 0.879. The van der Waals surface area contributed by atoms with Gasteiger partial charge >= 0.3 is 12.0 Å². The van der Waals surface area contributed by atoms with Crippen molar-refractivity contribution in [2.24, 2.45) is 12.8 Å². The maximum absolute atomic E-state index is 12.3. The van der Waals surface area contributed by atoms with Gasteiger partial charge in [0.2, 0.25) is 0 Å². The summed E-state index contributed by atoms with van der Waals surface area (Å²) in [6.45, 7) is 0.816. The number of benzene rings is 1. The number of aryl methyl sites for hydroxylation is 1. The largest absolute Gasteiger partial charge is 0.460 e. The predicted molar refractivity (Wildman–Crippen MR) is 82.5 cm³/mol. The van der Waals surface area contributed by atoms with Crippen molar-refractivity contribution in [2.45, 2.75) is 18.9 Å². The molecule has 0 radical (unpaired) electrons. The van der Waals surface area contributed by atoms with E-state index in [0.29, 0.717) is 12.1 Å². The Hall–Kier alpha value is -2.50. The van der Waals surface area contributed by atoms with Crippen LogP contribution in [0, 0.1) is 0 Å². The Morgan fingerprint density at radius 3 is 2.95 bits per heavy atom. The maximum atomic E-state index is 12.3. The molecule has 2 heterocycles. The van der Waals surface area contributed by atoms with E-state index >= 15 is 0 Å². The minimum atomic E-state index is -0.455. The highest BCUT2D eigenvalue weighted by Crippen LogP contribution is 2.21. The summed E-state index contributed by atoms with van der Waals surface area (Å²) >= 11 is 0. The van der Waals surface area contributed by atoms with E-state index in [1.807, 2.05) is 36.0 Å². The van der Waals surface area contributed by atoms with Crippen LogP contribution in [0.3, 0.4) is 0 Å². The third-order valence-electron chi connectivity index (χ3n) is 4.21. The number of likely N-dealkylation sites (tertiary alicyclic amines) is 1. The number of nitrogens with two attached hydrogens (primary N) is 1. The average Bonchev–Trinajstić information content (AvgIpc) is 3.12. The first-order chi connectivity index (χ1) is 10.6. The van der Waals surface area contributed by atoms with E-state index in [0.717, 1.165) is 23.7 Å². The second-order valence-electron chi connectivity index (χ2n) is 5.59. The van der Waals surface area contributed by atoms with Crippen molar-refractivity contribution in [2.75, 3.05) is 13.2 Å². The Labute approximate surface area is 128 Å². The Kier molecular flexibility index (Phi) is 3.75. The van der Waals surface area contributed by atoms with Crippen LogP contribution in [0.4, 0.5) is 4.79 Å². The van der Waals surface area contributed by atoms with Crippen LogP contribution in [0.25, 0.3) is 10.9 Å². The molecular formula is C16H19N3O3. The molecule has 2 N–H and O–H groups in total. The monoisotopic (exact) mass is 301 g/mol.